The van der Waals surface area contributed by atoms with Gasteiger partial charge in [-0.3, -0.25) is 9.59 Å². The van der Waals surface area contributed by atoms with Crippen molar-refractivity contribution >= 4 is 11.9 Å². The highest BCUT2D eigenvalue weighted by Crippen LogP contribution is 2.36. The lowest BCUT2D eigenvalue weighted by atomic mass is 9.74. The molecule has 1 aliphatic rings. The third-order valence-corrected chi connectivity index (χ3v) is 5.47. The second-order valence-electron chi connectivity index (χ2n) is 7.60. The van der Waals surface area contributed by atoms with Crippen LogP contribution in [0.1, 0.15) is 90.4 Å². The summed E-state index contributed by atoms with van der Waals surface area (Å²) in [7, 11) is 0. The van der Waals surface area contributed by atoms with Crippen LogP contribution in [0.2, 0.25) is 0 Å². The predicted octanol–water partition coefficient (Wildman–Crippen LogP) is 5.67. The predicted molar refractivity (Wildman–Crippen MR) is 101 cm³/mol. The fourth-order valence-corrected chi connectivity index (χ4v) is 4.12. The molecule has 0 aromatic carbocycles. The normalized spacial score (nSPS) is 21.2. The van der Waals surface area contributed by atoms with E-state index >= 15 is 0 Å². The van der Waals surface area contributed by atoms with E-state index in [1.54, 1.807) is 0 Å². The molecule has 4 heteroatoms. The summed E-state index contributed by atoms with van der Waals surface area (Å²) in [5.41, 5.74) is 0. The first-order chi connectivity index (χ1) is 12.0. The van der Waals surface area contributed by atoms with Crippen molar-refractivity contribution in [3.8, 4) is 0 Å². The minimum Gasteiger partial charge on any atom is -0.481 e. The summed E-state index contributed by atoms with van der Waals surface area (Å²) in [6.45, 7) is 2.19. The Morgan fingerprint density at radius 2 is 1.68 bits per heavy atom. The quantitative estimate of drug-likeness (QED) is 0.312. The van der Waals surface area contributed by atoms with Crippen LogP contribution in [0.25, 0.3) is 0 Å². The standard InChI is InChI=1S/C21H36O4/c1-2-9-18(14-15-21(24)25)19-12-8-11-17(16-19)10-6-4-3-5-7-13-20(22)23/h8,11,17-19H,2-7,9-10,12-16H2,1H3,(H,22,23)(H,24,25). The Morgan fingerprint density at radius 3 is 2.36 bits per heavy atom. The van der Waals surface area contributed by atoms with E-state index in [4.69, 9.17) is 10.2 Å². The van der Waals surface area contributed by atoms with Gasteiger partial charge in [-0.1, -0.05) is 57.6 Å². The molecule has 0 saturated carbocycles. The zero-order chi connectivity index (χ0) is 18.5. The third kappa shape index (κ3) is 10.3. The van der Waals surface area contributed by atoms with E-state index in [0.29, 0.717) is 30.6 Å². The van der Waals surface area contributed by atoms with Crippen molar-refractivity contribution < 1.29 is 19.8 Å². The van der Waals surface area contributed by atoms with Crippen LogP contribution in [0.4, 0.5) is 0 Å². The highest BCUT2D eigenvalue weighted by atomic mass is 16.4. The summed E-state index contributed by atoms with van der Waals surface area (Å²) in [6.07, 6.45) is 17.2. The highest BCUT2D eigenvalue weighted by Gasteiger charge is 2.25. The smallest absolute Gasteiger partial charge is 0.303 e. The monoisotopic (exact) mass is 352 g/mol. The molecule has 1 aliphatic carbocycles. The first-order valence-electron chi connectivity index (χ1n) is 10.1. The van der Waals surface area contributed by atoms with Gasteiger partial charge in [0.1, 0.15) is 0 Å². The van der Waals surface area contributed by atoms with Gasteiger partial charge in [0, 0.05) is 12.8 Å². The third-order valence-electron chi connectivity index (χ3n) is 5.47. The molecule has 0 bridgehead atoms. The van der Waals surface area contributed by atoms with Gasteiger partial charge in [-0.05, 0) is 49.9 Å². The summed E-state index contributed by atoms with van der Waals surface area (Å²) in [4.78, 5) is 21.4. The van der Waals surface area contributed by atoms with Crippen molar-refractivity contribution in [2.45, 2.75) is 90.4 Å². The van der Waals surface area contributed by atoms with Gasteiger partial charge in [-0.15, -0.1) is 0 Å². The van der Waals surface area contributed by atoms with Crippen LogP contribution in [0.3, 0.4) is 0 Å². The number of carboxylic acid groups (broad SMARTS) is 2. The molecule has 0 amide bonds. The molecule has 3 atom stereocenters. The van der Waals surface area contributed by atoms with Gasteiger partial charge in [0.05, 0.1) is 0 Å². The molecule has 0 spiro atoms. The van der Waals surface area contributed by atoms with Crippen LogP contribution >= 0.6 is 0 Å². The maximum absolute atomic E-state index is 10.9. The largest absolute Gasteiger partial charge is 0.481 e. The van der Waals surface area contributed by atoms with Crippen LogP contribution in [0.5, 0.6) is 0 Å². The number of rotatable bonds is 14. The molecular weight excluding hydrogens is 316 g/mol. The molecule has 144 valence electrons. The zero-order valence-corrected chi connectivity index (χ0v) is 15.8. The van der Waals surface area contributed by atoms with E-state index < -0.39 is 11.9 Å². The van der Waals surface area contributed by atoms with E-state index in [1.807, 2.05) is 0 Å². The van der Waals surface area contributed by atoms with E-state index in [2.05, 4.69) is 19.1 Å². The number of allylic oxidation sites excluding steroid dienone is 2. The summed E-state index contributed by atoms with van der Waals surface area (Å²) in [5.74, 6) is 0.464. The van der Waals surface area contributed by atoms with Crippen LogP contribution in [0.15, 0.2) is 12.2 Å². The summed E-state index contributed by atoms with van der Waals surface area (Å²) in [6, 6.07) is 0. The topological polar surface area (TPSA) is 74.6 Å². The minimum atomic E-state index is -0.692. The molecule has 2 N–H and O–H groups in total. The summed E-state index contributed by atoms with van der Waals surface area (Å²) >= 11 is 0. The van der Waals surface area contributed by atoms with E-state index in [9.17, 15) is 9.59 Å². The molecule has 0 aromatic rings. The summed E-state index contributed by atoms with van der Waals surface area (Å²) in [5, 5.41) is 17.6. The maximum atomic E-state index is 10.9. The van der Waals surface area contributed by atoms with E-state index in [1.165, 1.54) is 25.7 Å². The number of carboxylic acids is 2. The van der Waals surface area contributed by atoms with Gasteiger partial charge in [-0.25, -0.2) is 0 Å². The lowest BCUT2D eigenvalue weighted by Gasteiger charge is -2.31. The van der Waals surface area contributed by atoms with E-state index in [-0.39, 0.29) is 0 Å². The van der Waals surface area contributed by atoms with Gasteiger partial charge in [0.25, 0.3) is 0 Å². The first kappa shape index (κ1) is 21.7. The average molecular weight is 353 g/mol. The highest BCUT2D eigenvalue weighted by molar-refractivity contribution is 5.66. The molecular formula is C21H36O4. The number of unbranched alkanes of at least 4 members (excludes halogenated alkanes) is 4. The van der Waals surface area contributed by atoms with Crippen molar-refractivity contribution in [2.75, 3.05) is 0 Å². The van der Waals surface area contributed by atoms with E-state index in [0.717, 1.165) is 44.9 Å². The Morgan fingerprint density at radius 1 is 1.00 bits per heavy atom. The van der Waals surface area contributed by atoms with Crippen molar-refractivity contribution in [3.05, 3.63) is 12.2 Å². The number of aliphatic carboxylic acids is 2. The molecule has 25 heavy (non-hydrogen) atoms. The summed E-state index contributed by atoms with van der Waals surface area (Å²) < 4.78 is 0. The minimum absolute atomic E-state index is 0.294. The molecule has 1 rings (SSSR count). The molecule has 0 aliphatic heterocycles. The molecule has 0 aromatic heterocycles. The van der Waals surface area contributed by atoms with Crippen molar-refractivity contribution in [1.82, 2.24) is 0 Å². The van der Waals surface area contributed by atoms with Crippen LogP contribution in [-0.4, -0.2) is 22.2 Å². The second kappa shape index (κ2) is 13.0. The van der Waals surface area contributed by atoms with Crippen LogP contribution < -0.4 is 0 Å². The van der Waals surface area contributed by atoms with Crippen molar-refractivity contribution in [1.29, 1.82) is 0 Å². The number of hydrogen-bond donors (Lipinski definition) is 2. The van der Waals surface area contributed by atoms with Gasteiger partial charge in [-0.2, -0.15) is 0 Å². The lowest BCUT2D eigenvalue weighted by Crippen LogP contribution is -2.21. The Bertz CT molecular complexity index is 416. The molecule has 0 radical (unpaired) electrons. The lowest BCUT2D eigenvalue weighted by molar-refractivity contribution is -0.138. The SMILES string of the molecule is CCCC(CCC(=O)O)C1CC=CC(CCCCCCCC(=O)O)C1. The molecule has 0 fully saturated rings. The molecule has 0 saturated heterocycles. The Balaban J connectivity index is 2.26. The number of carbonyl (C=O) groups is 2. The Hall–Kier alpha value is -1.32. The van der Waals surface area contributed by atoms with Gasteiger partial charge in [0.15, 0.2) is 0 Å². The average Bonchev–Trinajstić information content (AvgIpc) is 2.57. The van der Waals surface area contributed by atoms with Gasteiger partial charge >= 0.3 is 11.9 Å². The first-order valence-corrected chi connectivity index (χ1v) is 10.1. The van der Waals surface area contributed by atoms with Crippen molar-refractivity contribution in [3.63, 3.8) is 0 Å². The van der Waals surface area contributed by atoms with Gasteiger partial charge in [0.2, 0.25) is 0 Å². The fourth-order valence-electron chi connectivity index (χ4n) is 4.12. The van der Waals surface area contributed by atoms with Crippen molar-refractivity contribution in [2.24, 2.45) is 17.8 Å². The maximum Gasteiger partial charge on any atom is 0.303 e. The fraction of sp³-hybridized carbons (Fsp3) is 0.810. The van der Waals surface area contributed by atoms with Crippen LogP contribution in [-0.2, 0) is 9.59 Å². The molecule has 3 unspecified atom stereocenters. The zero-order valence-electron chi connectivity index (χ0n) is 15.8. The molecule has 0 heterocycles. The Labute approximate surface area is 152 Å². The molecule has 4 nitrogen and oxygen atoms in total. The second-order valence-corrected chi connectivity index (χ2v) is 7.60. The number of hydrogen-bond acceptors (Lipinski definition) is 2. The van der Waals surface area contributed by atoms with Crippen LogP contribution in [0, 0.1) is 17.8 Å². The Kier molecular flexibility index (Phi) is 11.3. The van der Waals surface area contributed by atoms with Gasteiger partial charge < -0.3 is 10.2 Å².